The Kier molecular flexibility index (Phi) is 4.95. The molecule has 1 rings (SSSR count). The zero-order valence-electron chi connectivity index (χ0n) is 9.72. The van der Waals surface area contributed by atoms with Crippen LogP contribution in [-0.2, 0) is 0 Å². The van der Waals surface area contributed by atoms with Gasteiger partial charge < -0.3 is 5.32 Å². The molecule has 0 aromatic carbocycles. The van der Waals surface area contributed by atoms with Gasteiger partial charge in [-0.2, -0.15) is 0 Å². The van der Waals surface area contributed by atoms with E-state index >= 15 is 0 Å². The topological polar surface area (TPSA) is 12.0 Å². The van der Waals surface area contributed by atoms with Crippen molar-refractivity contribution in [3.8, 4) is 0 Å². The Bertz CT molecular complexity index is 215. The van der Waals surface area contributed by atoms with Crippen LogP contribution in [0.15, 0.2) is 23.8 Å². The van der Waals surface area contributed by atoms with Gasteiger partial charge in [-0.1, -0.05) is 38.5 Å². The highest BCUT2D eigenvalue weighted by molar-refractivity contribution is 5.27. The van der Waals surface area contributed by atoms with Gasteiger partial charge in [-0.05, 0) is 37.3 Å². The van der Waals surface area contributed by atoms with Crippen LogP contribution in [0, 0.1) is 11.8 Å². The molecular weight excluding hydrogens is 170 g/mol. The quantitative estimate of drug-likeness (QED) is 0.707. The van der Waals surface area contributed by atoms with Crippen molar-refractivity contribution in [2.24, 2.45) is 11.8 Å². The highest BCUT2D eigenvalue weighted by Gasteiger charge is 2.23. The zero-order chi connectivity index (χ0) is 10.4. The summed E-state index contributed by atoms with van der Waals surface area (Å²) in [7, 11) is 2.04. The van der Waals surface area contributed by atoms with Crippen LogP contribution < -0.4 is 5.32 Å². The third-order valence-corrected chi connectivity index (χ3v) is 3.03. The molecule has 0 amide bonds. The SMILES string of the molecule is CCC/C=C\C1=CCC(C)C1CNC. The third kappa shape index (κ3) is 2.98. The van der Waals surface area contributed by atoms with Crippen molar-refractivity contribution in [3.05, 3.63) is 23.8 Å². The number of nitrogens with one attached hydrogen (secondary N) is 1. The summed E-state index contributed by atoms with van der Waals surface area (Å²) in [5.74, 6) is 1.54. The van der Waals surface area contributed by atoms with E-state index in [4.69, 9.17) is 0 Å². The lowest BCUT2D eigenvalue weighted by molar-refractivity contribution is 0.435. The third-order valence-electron chi connectivity index (χ3n) is 3.03. The summed E-state index contributed by atoms with van der Waals surface area (Å²) in [6, 6.07) is 0. The molecule has 0 fully saturated rings. The highest BCUT2D eigenvalue weighted by Crippen LogP contribution is 2.31. The predicted molar refractivity (Wildman–Crippen MR) is 63.3 cm³/mol. The summed E-state index contributed by atoms with van der Waals surface area (Å²) >= 11 is 0. The van der Waals surface area contributed by atoms with Crippen LogP contribution in [0.5, 0.6) is 0 Å². The molecular formula is C13H23N. The van der Waals surface area contributed by atoms with Crippen LogP contribution in [0.25, 0.3) is 0 Å². The Balaban J connectivity index is 2.50. The van der Waals surface area contributed by atoms with Crippen molar-refractivity contribution in [2.75, 3.05) is 13.6 Å². The molecule has 2 unspecified atom stereocenters. The molecule has 0 spiro atoms. The largest absolute Gasteiger partial charge is 0.319 e. The summed E-state index contributed by atoms with van der Waals surface area (Å²) in [6.45, 7) is 5.68. The molecule has 1 nitrogen and oxygen atoms in total. The zero-order valence-corrected chi connectivity index (χ0v) is 9.72. The van der Waals surface area contributed by atoms with Gasteiger partial charge in [0.25, 0.3) is 0 Å². The van der Waals surface area contributed by atoms with E-state index in [2.05, 4.69) is 37.4 Å². The van der Waals surface area contributed by atoms with E-state index in [1.807, 2.05) is 7.05 Å². The summed E-state index contributed by atoms with van der Waals surface area (Å²) < 4.78 is 0. The Morgan fingerprint density at radius 1 is 1.57 bits per heavy atom. The molecule has 0 radical (unpaired) electrons. The van der Waals surface area contributed by atoms with Gasteiger partial charge in [0, 0.05) is 6.54 Å². The van der Waals surface area contributed by atoms with Gasteiger partial charge in [-0.3, -0.25) is 0 Å². The fourth-order valence-electron chi connectivity index (χ4n) is 2.08. The lowest BCUT2D eigenvalue weighted by atomic mass is 9.92. The molecule has 2 atom stereocenters. The average molecular weight is 193 g/mol. The first kappa shape index (κ1) is 11.5. The molecule has 1 heteroatoms. The van der Waals surface area contributed by atoms with E-state index in [0.717, 1.165) is 18.4 Å². The maximum atomic E-state index is 3.29. The summed E-state index contributed by atoms with van der Waals surface area (Å²) in [5, 5.41) is 3.29. The van der Waals surface area contributed by atoms with Crippen molar-refractivity contribution < 1.29 is 0 Å². The molecule has 1 aliphatic carbocycles. The van der Waals surface area contributed by atoms with Crippen LogP contribution in [0.2, 0.25) is 0 Å². The first-order valence-corrected chi connectivity index (χ1v) is 5.80. The van der Waals surface area contributed by atoms with E-state index < -0.39 is 0 Å². The normalized spacial score (nSPS) is 27.2. The first-order chi connectivity index (χ1) is 6.79. The van der Waals surface area contributed by atoms with Crippen molar-refractivity contribution in [1.82, 2.24) is 5.32 Å². The second-order valence-electron chi connectivity index (χ2n) is 4.27. The first-order valence-electron chi connectivity index (χ1n) is 5.80. The Labute approximate surface area is 88.3 Å². The van der Waals surface area contributed by atoms with Crippen LogP contribution in [-0.4, -0.2) is 13.6 Å². The molecule has 1 aliphatic rings. The predicted octanol–water partition coefficient (Wildman–Crippen LogP) is 3.14. The van der Waals surface area contributed by atoms with E-state index in [9.17, 15) is 0 Å². The van der Waals surface area contributed by atoms with Gasteiger partial charge in [0.15, 0.2) is 0 Å². The monoisotopic (exact) mass is 193 g/mol. The lowest BCUT2D eigenvalue weighted by Gasteiger charge is -2.17. The van der Waals surface area contributed by atoms with Crippen molar-refractivity contribution in [1.29, 1.82) is 0 Å². The van der Waals surface area contributed by atoms with Crippen molar-refractivity contribution >= 4 is 0 Å². The molecule has 0 heterocycles. The molecule has 80 valence electrons. The fourth-order valence-corrected chi connectivity index (χ4v) is 2.08. The Hall–Kier alpha value is -0.560. The number of allylic oxidation sites excluding steroid dienone is 3. The summed E-state index contributed by atoms with van der Waals surface area (Å²) in [6.07, 6.45) is 10.7. The standard InChI is InChI=1S/C13H23N/c1-4-5-6-7-12-9-8-11(2)13(12)10-14-3/h6-7,9,11,13-14H,4-5,8,10H2,1-3H3/b7-6-. The maximum absolute atomic E-state index is 3.29. The molecule has 0 aromatic rings. The number of unbranched alkanes of at least 4 members (excludes halogenated alkanes) is 1. The average Bonchev–Trinajstić information content (AvgIpc) is 2.51. The van der Waals surface area contributed by atoms with E-state index in [1.54, 1.807) is 5.57 Å². The number of hydrogen-bond acceptors (Lipinski definition) is 1. The van der Waals surface area contributed by atoms with Crippen LogP contribution in [0.1, 0.15) is 33.1 Å². The van der Waals surface area contributed by atoms with Crippen molar-refractivity contribution in [3.63, 3.8) is 0 Å². The van der Waals surface area contributed by atoms with E-state index in [-0.39, 0.29) is 0 Å². The second-order valence-corrected chi connectivity index (χ2v) is 4.27. The summed E-state index contributed by atoms with van der Waals surface area (Å²) in [5.41, 5.74) is 1.54. The van der Waals surface area contributed by atoms with Gasteiger partial charge in [0.2, 0.25) is 0 Å². The Morgan fingerprint density at radius 2 is 2.36 bits per heavy atom. The minimum Gasteiger partial charge on any atom is -0.319 e. The van der Waals surface area contributed by atoms with Gasteiger partial charge in [-0.25, -0.2) is 0 Å². The second kappa shape index (κ2) is 6.02. The minimum absolute atomic E-state index is 0.730. The van der Waals surface area contributed by atoms with Crippen LogP contribution in [0.4, 0.5) is 0 Å². The molecule has 0 bridgehead atoms. The molecule has 0 saturated heterocycles. The lowest BCUT2D eigenvalue weighted by Crippen LogP contribution is -2.22. The minimum atomic E-state index is 0.730. The molecule has 0 aromatic heterocycles. The van der Waals surface area contributed by atoms with Crippen molar-refractivity contribution in [2.45, 2.75) is 33.1 Å². The van der Waals surface area contributed by atoms with Crippen LogP contribution in [0.3, 0.4) is 0 Å². The Morgan fingerprint density at radius 3 is 3.00 bits per heavy atom. The summed E-state index contributed by atoms with van der Waals surface area (Å²) in [4.78, 5) is 0. The van der Waals surface area contributed by atoms with Gasteiger partial charge >= 0.3 is 0 Å². The van der Waals surface area contributed by atoms with Gasteiger partial charge in [-0.15, -0.1) is 0 Å². The smallest absolute Gasteiger partial charge is 0.00197 e. The maximum Gasteiger partial charge on any atom is 0.00197 e. The number of rotatable bonds is 5. The van der Waals surface area contributed by atoms with E-state index in [1.165, 1.54) is 19.3 Å². The fraction of sp³-hybridized carbons (Fsp3) is 0.692. The molecule has 0 saturated carbocycles. The van der Waals surface area contributed by atoms with Gasteiger partial charge in [0.05, 0.1) is 0 Å². The van der Waals surface area contributed by atoms with Crippen LogP contribution >= 0.6 is 0 Å². The number of hydrogen-bond donors (Lipinski definition) is 1. The highest BCUT2D eigenvalue weighted by atomic mass is 14.8. The van der Waals surface area contributed by atoms with Gasteiger partial charge in [0.1, 0.15) is 0 Å². The molecule has 0 aliphatic heterocycles. The van der Waals surface area contributed by atoms with E-state index in [0.29, 0.717) is 0 Å². The molecule has 1 N–H and O–H groups in total. The molecule has 14 heavy (non-hydrogen) atoms.